The van der Waals surface area contributed by atoms with Crippen molar-refractivity contribution in [3.63, 3.8) is 0 Å². The third-order valence-electron chi connectivity index (χ3n) is 4.09. The third-order valence-corrected chi connectivity index (χ3v) is 4.09. The van der Waals surface area contributed by atoms with Crippen molar-refractivity contribution in [1.29, 1.82) is 0 Å². The number of nitrogens with zero attached hydrogens (tertiary/aromatic N) is 2. The predicted octanol–water partition coefficient (Wildman–Crippen LogP) is 0.926. The van der Waals surface area contributed by atoms with Crippen molar-refractivity contribution in [3.05, 3.63) is 11.7 Å². The highest BCUT2D eigenvalue weighted by molar-refractivity contribution is 5.08. The summed E-state index contributed by atoms with van der Waals surface area (Å²) in [6.07, 6.45) is 4.19. The highest BCUT2D eigenvalue weighted by Gasteiger charge is 2.41. The first-order valence-corrected chi connectivity index (χ1v) is 6.48. The van der Waals surface area contributed by atoms with Crippen LogP contribution in [0.3, 0.4) is 0 Å². The molecule has 2 aliphatic rings. The molecular weight excluding hydrogens is 234 g/mol. The van der Waals surface area contributed by atoms with Crippen molar-refractivity contribution in [1.82, 2.24) is 10.1 Å². The molecular formula is C12H19N3O3. The molecule has 0 radical (unpaired) electrons. The molecule has 1 aromatic rings. The standard InChI is InChI=1S/C12H19N3O3/c1-16-12(4-2-3-5-12)11-14-10(18-15-11)8-6-17-7-9(8)13/h8-9H,2-7,13H2,1H3. The van der Waals surface area contributed by atoms with E-state index in [1.165, 1.54) is 0 Å². The number of nitrogens with two attached hydrogens (primary N) is 1. The number of aromatic nitrogens is 2. The van der Waals surface area contributed by atoms with Crippen molar-refractivity contribution in [2.45, 2.75) is 43.2 Å². The molecule has 1 aromatic heterocycles. The van der Waals surface area contributed by atoms with Crippen LogP contribution in [0.15, 0.2) is 4.52 Å². The third kappa shape index (κ3) is 1.84. The number of hydrogen-bond acceptors (Lipinski definition) is 6. The molecule has 1 saturated carbocycles. The van der Waals surface area contributed by atoms with E-state index in [1.807, 2.05) is 0 Å². The molecule has 1 aliphatic heterocycles. The smallest absolute Gasteiger partial charge is 0.233 e. The van der Waals surface area contributed by atoms with Crippen LogP contribution in [0.2, 0.25) is 0 Å². The van der Waals surface area contributed by atoms with E-state index >= 15 is 0 Å². The largest absolute Gasteiger partial charge is 0.379 e. The fourth-order valence-electron chi connectivity index (χ4n) is 2.86. The average Bonchev–Trinajstić information content (AvgIpc) is 3.08. The van der Waals surface area contributed by atoms with E-state index in [0.717, 1.165) is 25.7 Å². The molecule has 1 aliphatic carbocycles. The van der Waals surface area contributed by atoms with E-state index in [2.05, 4.69) is 10.1 Å². The van der Waals surface area contributed by atoms with E-state index < -0.39 is 0 Å². The summed E-state index contributed by atoms with van der Waals surface area (Å²) in [6, 6.07) is -0.0552. The molecule has 2 unspecified atom stereocenters. The lowest BCUT2D eigenvalue weighted by molar-refractivity contribution is -0.0178. The Hall–Kier alpha value is -0.980. The molecule has 0 bridgehead atoms. The van der Waals surface area contributed by atoms with Gasteiger partial charge in [0.15, 0.2) is 0 Å². The van der Waals surface area contributed by atoms with Gasteiger partial charge in [0.1, 0.15) is 5.60 Å². The summed E-state index contributed by atoms with van der Waals surface area (Å²) in [7, 11) is 1.71. The Balaban J connectivity index is 1.84. The van der Waals surface area contributed by atoms with E-state index in [4.69, 9.17) is 19.7 Å². The van der Waals surface area contributed by atoms with Gasteiger partial charge in [0.05, 0.1) is 19.1 Å². The molecule has 100 valence electrons. The maximum atomic E-state index is 5.96. The molecule has 3 rings (SSSR count). The van der Waals surface area contributed by atoms with Gasteiger partial charge in [-0.2, -0.15) is 4.98 Å². The summed E-state index contributed by atoms with van der Waals surface area (Å²) in [5.41, 5.74) is 5.60. The summed E-state index contributed by atoms with van der Waals surface area (Å²) in [5, 5.41) is 4.10. The maximum absolute atomic E-state index is 5.96. The molecule has 6 heteroatoms. The van der Waals surface area contributed by atoms with Gasteiger partial charge in [0.25, 0.3) is 0 Å². The van der Waals surface area contributed by atoms with Gasteiger partial charge < -0.3 is 19.7 Å². The fraction of sp³-hybridized carbons (Fsp3) is 0.833. The highest BCUT2D eigenvalue weighted by Crippen LogP contribution is 2.40. The fourth-order valence-corrected chi connectivity index (χ4v) is 2.86. The lowest BCUT2D eigenvalue weighted by atomic mass is 10.0. The van der Waals surface area contributed by atoms with Gasteiger partial charge in [0.2, 0.25) is 11.7 Å². The van der Waals surface area contributed by atoms with Gasteiger partial charge in [-0.3, -0.25) is 0 Å². The summed E-state index contributed by atoms with van der Waals surface area (Å²) in [5.74, 6) is 1.26. The van der Waals surface area contributed by atoms with Gasteiger partial charge >= 0.3 is 0 Å². The van der Waals surface area contributed by atoms with Crippen LogP contribution in [0.4, 0.5) is 0 Å². The van der Waals surface area contributed by atoms with Crippen molar-refractivity contribution >= 4 is 0 Å². The van der Waals surface area contributed by atoms with Crippen molar-refractivity contribution in [3.8, 4) is 0 Å². The van der Waals surface area contributed by atoms with E-state index in [-0.39, 0.29) is 17.6 Å². The average molecular weight is 253 g/mol. The summed E-state index contributed by atoms with van der Waals surface area (Å²) >= 11 is 0. The summed E-state index contributed by atoms with van der Waals surface area (Å²) in [4.78, 5) is 4.50. The second kappa shape index (κ2) is 4.60. The first-order chi connectivity index (χ1) is 8.75. The molecule has 0 spiro atoms. The number of hydrogen-bond donors (Lipinski definition) is 1. The van der Waals surface area contributed by atoms with Gasteiger partial charge in [-0.15, -0.1) is 0 Å². The minimum Gasteiger partial charge on any atom is -0.379 e. The van der Waals surface area contributed by atoms with Crippen LogP contribution in [-0.4, -0.2) is 36.5 Å². The van der Waals surface area contributed by atoms with Gasteiger partial charge in [-0.1, -0.05) is 5.16 Å². The van der Waals surface area contributed by atoms with Crippen LogP contribution in [0.1, 0.15) is 43.3 Å². The Bertz CT molecular complexity index is 414. The highest BCUT2D eigenvalue weighted by atomic mass is 16.5. The van der Waals surface area contributed by atoms with Gasteiger partial charge in [-0.25, -0.2) is 0 Å². The van der Waals surface area contributed by atoms with Crippen LogP contribution in [-0.2, 0) is 15.1 Å². The monoisotopic (exact) mass is 253 g/mol. The Morgan fingerprint density at radius 1 is 1.33 bits per heavy atom. The minimum atomic E-state index is -0.356. The van der Waals surface area contributed by atoms with Crippen LogP contribution in [0.5, 0.6) is 0 Å². The van der Waals surface area contributed by atoms with Crippen LogP contribution >= 0.6 is 0 Å². The molecule has 2 fully saturated rings. The summed E-state index contributed by atoms with van der Waals surface area (Å²) < 4.78 is 16.3. The second-order valence-corrected chi connectivity index (χ2v) is 5.17. The molecule has 2 atom stereocenters. The van der Waals surface area contributed by atoms with E-state index in [0.29, 0.717) is 24.9 Å². The predicted molar refractivity (Wildman–Crippen MR) is 63.0 cm³/mol. The molecule has 2 N–H and O–H groups in total. The quantitative estimate of drug-likeness (QED) is 0.862. The zero-order valence-electron chi connectivity index (χ0n) is 10.6. The number of methoxy groups -OCH3 is 1. The Morgan fingerprint density at radius 2 is 2.11 bits per heavy atom. The minimum absolute atomic E-state index is 0.0153. The van der Waals surface area contributed by atoms with E-state index in [9.17, 15) is 0 Å². The Kier molecular flexibility index (Phi) is 3.09. The molecule has 18 heavy (non-hydrogen) atoms. The lowest BCUT2D eigenvalue weighted by Crippen LogP contribution is -2.28. The lowest BCUT2D eigenvalue weighted by Gasteiger charge is -2.22. The molecule has 0 aromatic carbocycles. The topological polar surface area (TPSA) is 83.4 Å². The first-order valence-electron chi connectivity index (χ1n) is 6.48. The zero-order valence-corrected chi connectivity index (χ0v) is 10.6. The SMILES string of the molecule is COC1(c2noc(C3COCC3N)n2)CCCC1. The second-order valence-electron chi connectivity index (χ2n) is 5.17. The van der Waals surface area contributed by atoms with Gasteiger partial charge in [0, 0.05) is 13.2 Å². The number of rotatable bonds is 3. The van der Waals surface area contributed by atoms with Crippen molar-refractivity contribution < 1.29 is 14.0 Å². The molecule has 0 amide bonds. The van der Waals surface area contributed by atoms with Crippen LogP contribution in [0, 0.1) is 0 Å². The van der Waals surface area contributed by atoms with Crippen molar-refractivity contribution in [2.24, 2.45) is 5.73 Å². The molecule has 1 saturated heterocycles. The first kappa shape index (κ1) is 12.1. The zero-order chi connectivity index (χ0) is 12.6. The Labute approximate surface area is 106 Å². The Morgan fingerprint density at radius 3 is 2.72 bits per heavy atom. The molecule has 6 nitrogen and oxygen atoms in total. The van der Waals surface area contributed by atoms with Gasteiger partial charge in [-0.05, 0) is 25.7 Å². The molecule has 2 heterocycles. The maximum Gasteiger partial charge on any atom is 0.233 e. The normalized spacial score (nSPS) is 31.0. The van der Waals surface area contributed by atoms with E-state index in [1.54, 1.807) is 7.11 Å². The van der Waals surface area contributed by atoms with Crippen LogP contribution in [0.25, 0.3) is 0 Å². The van der Waals surface area contributed by atoms with Crippen LogP contribution < -0.4 is 5.73 Å². The summed E-state index contributed by atoms with van der Waals surface area (Å²) in [6.45, 7) is 1.11. The number of ether oxygens (including phenoxy) is 2. The van der Waals surface area contributed by atoms with Crippen molar-refractivity contribution in [2.75, 3.05) is 20.3 Å².